The summed E-state index contributed by atoms with van der Waals surface area (Å²) in [5.74, 6) is 0. The van der Waals surface area contributed by atoms with Crippen LogP contribution in [0.2, 0.25) is 0 Å². The van der Waals surface area contributed by atoms with Gasteiger partial charge in [-0.1, -0.05) is 222 Å². The normalized spacial score (nSPS) is 25.1. The fraction of sp³-hybridized carbons (Fsp3) is 0.812. The quantitative estimate of drug-likeness (QED) is 0.139. The van der Waals surface area contributed by atoms with Crippen molar-refractivity contribution in [1.29, 1.82) is 0 Å². The fourth-order valence-corrected chi connectivity index (χ4v) is 32.1. The Kier molecular flexibility index (Phi) is 20.6. The van der Waals surface area contributed by atoms with Gasteiger partial charge in [0.15, 0.2) is 0 Å². The molecule has 8 saturated carbocycles. The van der Waals surface area contributed by atoms with E-state index in [1.807, 2.05) is 33.4 Å². The molecule has 0 nitrogen and oxygen atoms in total. The lowest BCUT2D eigenvalue weighted by atomic mass is 9.89. The molecule has 378 valence electrons. The summed E-state index contributed by atoms with van der Waals surface area (Å²) in [4.78, 5) is 0. The Bertz CT molecular complexity index is 1430. The van der Waals surface area contributed by atoms with Crippen LogP contribution in [0, 0.1) is 0 Å². The van der Waals surface area contributed by atoms with Gasteiger partial charge >= 0.3 is 0 Å². The molecule has 4 heteroatoms. The molecule has 68 heavy (non-hydrogen) atoms. The SMILES string of the molecule is c1cc(CP(C2CCCCC2)C2CCCCC2)c(-c2c(CP(C3CCCCC3)C3CCCCC3)cccc2CP(C2CCCCC2)C2CCCCC2)c(CP(C2CCCCC2)C2CCCCC2)c1. The highest BCUT2D eigenvalue weighted by atomic mass is 31.1. The average molecular weight is 995 g/mol. The zero-order valence-corrected chi connectivity index (χ0v) is 47.6. The van der Waals surface area contributed by atoms with Gasteiger partial charge in [-0.05, 0) is 206 Å². The van der Waals surface area contributed by atoms with Crippen LogP contribution in [0.15, 0.2) is 36.4 Å². The van der Waals surface area contributed by atoms with Gasteiger partial charge in [0, 0.05) is 0 Å². The summed E-state index contributed by atoms with van der Waals surface area (Å²) in [5, 5.41) is 0. The minimum Gasteiger partial charge on any atom is -0.0958 e. The van der Waals surface area contributed by atoms with E-state index in [0.29, 0.717) is 0 Å². The summed E-state index contributed by atoms with van der Waals surface area (Å²) in [6.07, 6.45) is 66.9. The van der Waals surface area contributed by atoms with Gasteiger partial charge in [0.2, 0.25) is 0 Å². The molecule has 0 N–H and O–H groups in total. The third-order valence-electron chi connectivity index (χ3n) is 20.5. The number of hydrogen-bond donors (Lipinski definition) is 0. The van der Waals surface area contributed by atoms with Crippen molar-refractivity contribution >= 4 is 31.7 Å². The molecule has 2 aromatic rings. The third kappa shape index (κ3) is 13.5. The average Bonchev–Trinajstić information content (AvgIpc) is 3.42. The first-order valence-electron chi connectivity index (χ1n) is 31.0. The van der Waals surface area contributed by atoms with E-state index in [4.69, 9.17) is 0 Å². The van der Waals surface area contributed by atoms with E-state index < -0.39 is 0 Å². The highest BCUT2D eigenvalue weighted by Crippen LogP contribution is 2.65. The second-order valence-corrected chi connectivity index (χ2v) is 36.1. The highest BCUT2D eigenvalue weighted by Gasteiger charge is 2.38. The van der Waals surface area contributed by atoms with Gasteiger partial charge in [0.05, 0.1) is 0 Å². The predicted octanol–water partition coefficient (Wildman–Crippen LogP) is 21.9. The molecule has 8 aliphatic carbocycles. The molecule has 0 amide bonds. The molecule has 0 bridgehead atoms. The van der Waals surface area contributed by atoms with Gasteiger partial charge in [-0.15, -0.1) is 0 Å². The predicted molar refractivity (Wildman–Crippen MR) is 309 cm³/mol. The summed E-state index contributed by atoms with van der Waals surface area (Å²) in [6, 6.07) is 16.6. The molecule has 0 atom stereocenters. The maximum absolute atomic E-state index is 2.82. The molecule has 0 radical (unpaired) electrons. The van der Waals surface area contributed by atoms with E-state index >= 15 is 0 Å². The first-order chi connectivity index (χ1) is 33.8. The Hall–Kier alpha value is 0.160. The van der Waals surface area contributed by atoms with Gasteiger partial charge in [0.25, 0.3) is 0 Å². The third-order valence-corrected chi connectivity index (χ3v) is 34.9. The molecule has 0 unspecified atom stereocenters. The summed E-state index contributed by atoms with van der Waals surface area (Å²) in [7, 11) is -0.0692. The molecule has 2 aromatic carbocycles. The number of hydrogen-bond acceptors (Lipinski definition) is 0. The van der Waals surface area contributed by atoms with Gasteiger partial charge in [-0.2, -0.15) is 0 Å². The first-order valence-corrected chi connectivity index (χ1v) is 37.7. The smallest absolute Gasteiger partial charge is 0.00618 e. The largest absolute Gasteiger partial charge is 0.0958 e. The highest BCUT2D eigenvalue weighted by molar-refractivity contribution is 7.59. The molecule has 8 fully saturated rings. The maximum Gasteiger partial charge on any atom is -0.00618 e. The van der Waals surface area contributed by atoms with Crippen LogP contribution in [0.25, 0.3) is 11.1 Å². The second kappa shape index (κ2) is 27.1. The van der Waals surface area contributed by atoms with Crippen LogP contribution in [-0.2, 0) is 24.6 Å². The molecule has 0 aromatic heterocycles. The minimum atomic E-state index is -0.0173. The van der Waals surface area contributed by atoms with Crippen LogP contribution in [0.4, 0.5) is 0 Å². The van der Waals surface area contributed by atoms with Crippen molar-refractivity contribution < 1.29 is 0 Å². The Labute approximate surface area is 425 Å². The number of benzene rings is 2. The lowest BCUT2D eigenvalue weighted by Gasteiger charge is -2.41. The van der Waals surface area contributed by atoms with Crippen molar-refractivity contribution in [1.82, 2.24) is 0 Å². The van der Waals surface area contributed by atoms with Crippen LogP contribution < -0.4 is 0 Å². The summed E-state index contributed by atoms with van der Waals surface area (Å²) >= 11 is 0. The van der Waals surface area contributed by atoms with Crippen molar-refractivity contribution in [2.45, 2.75) is 327 Å². The molecular weight excluding hydrogens is 893 g/mol. The second-order valence-electron chi connectivity index (χ2n) is 24.9. The summed E-state index contributed by atoms with van der Waals surface area (Å²) in [5.41, 5.74) is 19.5. The lowest BCUT2D eigenvalue weighted by Crippen LogP contribution is -2.23. The van der Waals surface area contributed by atoms with Crippen LogP contribution >= 0.6 is 31.7 Å². The first kappa shape index (κ1) is 51.6. The van der Waals surface area contributed by atoms with Gasteiger partial charge < -0.3 is 0 Å². The summed E-state index contributed by atoms with van der Waals surface area (Å²) in [6.45, 7) is 0. The van der Waals surface area contributed by atoms with Crippen molar-refractivity contribution in [3.05, 3.63) is 58.7 Å². The van der Waals surface area contributed by atoms with E-state index in [1.165, 1.54) is 179 Å². The van der Waals surface area contributed by atoms with Crippen molar-refractivity contribution in [2.75, 3.05) is 0 Å². The molecular formula is C64H102P4. The maximum atomic E-state index is 2.82. The monoisotopic (exact) mass is 995 g/mol. The molecule has 0 saturated heterocycles. The van der Waals surface area contributed by atoms with Crippen LogP contribution in [-0.4, -0.2) is 45.3 Å². The standard InChI is InChI=1S/C64H102P4/c1-9-31-55(32-10-1)65(56-33-11-2-12-34-56)47-51-27-25-28-52(48-66(57-35-13-3-14-36-57)58-37-15-4-16-38-58)63(51)64-53(49-67(59-39-17-5-18-40-59)60-41-19-6-20-42-60)29-26-30-54(64)50-68(61-43-21-7-22-44-61)62-45-23-8-24-46-62/h25-30,55-62H,1-24,31-50H2. The minimum absolute atomic E-state index is 0.0173. The zero-order chi connectivity index (χ0) is 45.7. The zero-order valence-electron chi connectivity index (χ0n) is 44.0. The molecule has 0 aliphatic heterocycles. The summed E-state index contributed by atoms with van der Waals surface area (Å²) < 4.78 is 0. The number of rotatable bonds is 17. The molecule has 0 spiro atoms. The van der Waals surface area contributed by atoms with E-state index in [0.717, 1.165) is 45.3 Å². The van der Waals surface area contributed by atoms with Crippen molar-refractivity contribution in [2.24, 2.45) is 0 Å². The molecule has 8 aliphatic rings. The van der Waals surface area contributed by atoms with Gasteiger partial charge in [-0.25, -0.2) is 0 Å². The topological polar surface area (TPSA) is 0 Å². The Balaban J connectivity index is 1.14. The van der Waals surface area contributed by atoms with Crippen LogP contribution in [0.5, 0.6) is 0 Å². The Morgan fingerprint density at radius 1 is 0.221 bits per heavy atom. The van der Waals surface area contributed by atoms with Gasteiger partial charge in [0.1, 0.15) is 0 Å². The van der Waals surface area contributed by atoms with E-state index in [-0.39, 0.29) is 31.7 Å². The Morgan fingerprint density at radius 3 is 0.515 bits per heavy atom. The van der Waals surface area contributed by atoms with Crippen LogP contribution in [0.1, 0.15) is 279 Å². The van der Waals surface area contributed by atoms with E-state index in [2.05, 4.69) is 36.4 Å². The van der Waals surface area contributed by atoms with Crippen LogP contribution in [0.3, 0.4) is 0 Å². The van der Waals surface area contributed by atoms with E-state index in [9.17, 15) is 0 Å². The van der Waals surface area contributed by atoms with E-state index in [1.54, 1.807) is 103 Å². The fourth-order valence-electron chi connectivity index (χ4n) is 16.8. The van der Waals surface area contributed by atoms with Gasteiger partial charge in [-0.3, -0.25) is 0 Å². The molecule has 0 heterocycles. The van der Waals surface area contributed by atoms with Crippen molar-refractivity contribution in [3.63, 3.8) is 0 Å². The lowest BCUT2D eigenvalue weighted by molar-refractivity contribution is 0.483. The molecule has 10 rings (SSSR count). The van der Waals surface area contributed by atoms with Crippen molar-refractivity contribution in [3.8, 4) is 11.1 Å². The Morgan fingerprint density at radius 2 is 0.368 bits per heavy atom.